The number of nitrogens with one attached hydrogen (secondary N) is 2. The minimum Gasteiger partial charge on any atom is -0.379 e. The summed E-state index contributed by atoms with van der Waals surface area (Å²) in [5, 5.41) is 6.67. The van der Waals surface area contributed by atoms with Crippen molar-refractivity contribution in [1.82, 2.24) is 10.6 Å². The molecule has 0 amide bonds. The first kappa shape index (κ1) is 18.0. The smallest absolute Gasteiger partial charge is 0.191 e. The summed E-state index contributed by atoms with van der Waals surface area (Å²) in [7, 11) is 0. The van der Waals surface area contributed by atoms with Gasteiger partial charge >= 0.3 is 0 Å². The summed E-state index contributed by atoms with van der Waals surface area (Å²) in [5.74, 6) is 0.948. The Hall–Kier alpha value is -0.0800. The van der Waals surface area contributed by atoms with Crippen LogP contribution in [0.5, 0.6) is 0 Å². The minimum atomic E-state index is 0. The summed E-state index contributed by atoms with van der Waals surface area (Å²) in [5.41, 5.74) is 0. The van der Waals surface area contributed by atoms with Gasteiger partial charge in [-0.2, -0.15) is 0 Å². The molecule has 0 aromatic heterocycles. The van der Waals surface area contributed by atoms with Crippen LogP contribution in [0.3, 0.4) is 0 Å². The highest BCUT2D eigenvalue weighted by atomic mass is 127. The first-order valence-electron chi connectivity index (χ1n) is 7.62. The lowest BCUT2D eigenvalue weighted by Crippen LogP contribution is -2.38. The van der Waals surface area contributed by atoms with Crippen molar-refractivity contribution in [3.8, 4) is 0 Å². The molecule has 0 spiro atoms. The first-order valence-corrected chi connectivity index (χ1v) is 7.62. The average molecular weight is 397 g/mol. The van der Waals surface area contributed by atoms with Crippen LogP contribution in [0.25, 0.3) is 0 Å². The zero-order valence-corrected chi connectivity index (χ0v) is 14.7. The Morgan fingerprint density at radius 3 is 2.85 bits per heavy atom. The number of nitrogens with zero attached hydrogens (tertiary/aromatic N) is 1. The molecule has 1 atom stereocenters. The van der Waals surface area contributed by atoms with Gasteiger partial charge in [-0.15, -0.1) is 24.0 Å². The van der Waals surface area contributed by atoms with Gasteiger partial charge in [0.15, 0.2) is 5.96 Å². The van der Waals surface area contributed by atoms with Gasteiger partial charge in [-0.05, 0) is 39.0 Å². The molecule has 2 rings (SSSR count). The van der Waals surface area contributed by atoms with Crippen molar-refractivity contribution in [3.63, 3.8) is 0 Å². The van der Waals surface area contributed by atoms with Gasteiger partial charge in [0.25, 0.3) is 0 Å². The lowest BCUT2D eigenvalue weighted by atomic mass is 10.2. The largest absolute Gasteiger partial charge is 0.379 e. The molecule has 20 heavy (non-hydrogen) atoms. The van der Waals surface area contributed by atoms with Crippen LogP contribution in [-0.2, 0) is 9.47 Å². The van der Waals surface area contributed by atoms with E-state index in [0.717, 1.165) is 51.7 Å². The Kier molecular flexibility index (Phi) is 9.54. The standard InChI is InChI=1S/C14H27N3O2.HI/c1-2-15-14(17-12-6-7-12)16-8-4-9-18-11-13-5-3-10-19-13;/h12-13H,2-11H2,1H3,(H2,15,16,17);1H. The Labute approximate surface area is 139 Å². The Bertz CT molecular complexity index is 280. The van der Waals surface area contributed by atoms with E-state index in [0.29, 0.717) is 12.1 Å². The van der Waals surface area contributed by atoms with E-state index in [1.807, 2.05) is 0 Å². The van der Waals surface area contributed by atoms with E-state index in [4.69, 9.17) is 9.47 Å². The van der Waals surface area contributed by atoms with Crippen molar-refractivity contribution in [3.05, 3.63) is 0 Å². The van der Waals surface area contributed by atoms with E-state index in [9.17, 15) is 0 Å². The fourth-order valence-corrected chi connectivity index (χ4v) is 2.09. The number of guanidine groups is 1. The Morgan fingerprint density at radius 1 is 1.35 bits per heavy atom. The van der Waals surface area contributed by atoms with Crippen molar-refractivity contribution in [1.29, 1.82) is 0 Å². The van der Waals surface area contributed by atoms with Crippen molar-refractivity contribution in [2.75, 3.05) is 32.9 Å². The van der Waals surface area contributed by atoms with Crippen LogP contribution in [0.1, 0.15) is 39.0 Å². The number of halogens is 1. The monoisotopic (exact) mass is 397 g/mol. The molecule has 118 valence electrons. The van der Waals surface area contributed by atoms with Gasteiger partial charge in [-0.1, -0.05) is 0 Å². The quantitative estimate of drug-likeness (QED) is 0.284. The van der Waals surface area contributed by atoms with Crippen LogP contribution < -0.4 is 10.6 Å². The average Bonchev–Trinajstić information content (AvgIpc) is 3.06. The summed E-state index contributed by atoms with van der Waals surface area (Å²) in [6.07, 6.45) is 6.17. The van der Waals surface area contributed by atoms with Crippen LogP contribution in [0, 0.1) is 0 Å². The second kappa shape index (κ2) is 10.6. The van der Waals surface area contributed by atoms with Gasteiger partial charge in [0.2, 0.25) is 0 Å². The summed E-state index contributed by atoms with van der Waals surface area (Å²) in [6.45, 7) is 6.23. The van der Waals surface area contributed by atoms with Gasteiger partial charge in [0.05, 0.1) is 12.7 Å². The summed E-state index contributed by atoms with van der Waals surface area (Å²) in [4.78, 5) is 4.55. The molecule has 0 radical (unpaired) electrons. The molecular formula is C14H28IN3O2. The van der Waals surface area contributed by atoms with Crippen LogP contribution in [0.2, 0.25) is 0 Å². The summed E-state index contributed by atoms with van der Waals surface area (Å²) < 4.78 is 11.1. The molecule has 2 aliphatic rings. The van der Waals surface area contributed by atoms with E-state index in [-0.39, 0.29) is 24.0 Å². The highest BCUT2D eigenvalue weighted by Gasteiger charge is 2.21. The fourth-order valence-electron chi connectivity index (χ4n) is 2.09. The molecule has 2 N–H and O–H groups in total. The third kappa shape index (κ3) is 7.64. The lowest BCUT2D eigenvalue weighted by Gasteiger charge is -2.11. The maximum atomic E-state index is 5.62. The fraction of sp³-hybridized carbons (Fsp3) is 0.929. The van der Waals surface area contributed by atoms with Crippen LogP contribution in [0.15, 0.2) is 4.99 Å². The minimum absolute atomic E-state index is 0. The molecule has 1 aliphatic carbocycles. The van der Waals surface area contributed by atoms with Crippen molar-refractivity contribution < 1.29 is 9.47 Å². The van der Waals surface area contributed by atoms with Crippen LogP contribution in [-0.4, -0.2) is 51.0 Å². The Morgan fingerprint density at radius 2 is 2.20 bits per heavy atom. The zero-order chi connectivity index (χ0) is 13.3. The molecule has 1 heterocycles. The second-order valence-electron chi connectivity index (χ2n) is 5.24. The molecular weight excluding hydrogens is 369 g/mol. The third-order valence-corrected chi connectivity index (χ3v) is 3.31. The van der Waals surface area contributed by atoms with Crippen LogP contribution >= 0.6 is 24.0 Å². The SMILES string of the molecule is CCNC(=NCCCOCC1CCCO1)NC1CC1.I. The van der Waals surface area contributed by atoms with Gasteiger partial charge in [-0.25, -0.2) is 0 Å². The van der Waals surface area contributed by atoms with Crippen molar-refractivity contribution >= 4 is 29.9 Å². The highest BCUT2D eigenvalue weighted by Crippen LogP contribution is 2.18. The van der Waals surface area contributed by atoms with Gasteiger partial charge in [0.1, 0.15) is 0 Å². The molecule has 0 aromatic rings. The third-order valence-electron chi connectivity index (χ3n) is 3.31. The maximum Gasteiger partial charge on any atom is 0.191 e. The molecule has 1 aliphatic heterocycles. The molecule has 6 heteroatoms. The number of rotatable bonds is 8. The van der Waals surface area contributed by atoms with Gasteiger partial charge in [0, 0.05) is 32.3 Å². The number of hydrogen-bond donors (Lipinski definition) is 2. The number of aliphatic imine (C=N–C) groups is 1. The van der Waals surface area contributed by atoms with Crippen LogP contribution in [0.4, 0.5) is 0 Å². The maximum absolute atomic E-state index is 5.62. The van der Waals surface area contributed by atoms with E-state index in [2.05, 4.69) is 22.5 Å². The highest BCUT2D eigenvalue weighted by molar-refractivity contribution is 14.0. The molecule has 0 aromatic carbocycles. The molecule has 1 saturated carbocycles. The second-order valence-corrected chi connectivity index (χ2v) is 5.24. The normalized spacial score (nSPS) is 22.4. The predicted octanol–water partition coefficient (Wildman–Crippen LogP) is 1.91. The number of ether oxygens (including phenoxy) is 2. The predicted molar refractivity (Wildman–Crippen MR) is 92.0 cm³/mol. The summed E-state index contributed by atoms with van der Waals surface area (Å²) in [6, 6.07) is 0.647. The van der Waals surface area contributed by atoms with E-state index >= 15 is 0 Å². The van der Waals surface area contributed by atoms with Crippen molar-refractivity contribution in [2.45, 2.75) is 51.2 Å². The van der Waals surface area contributed by atoms with E-state index in [1.54, 1.807) is 0 Å². The van der Waals surface area contributed by atoms with Crippen molar-refractivity contribution in [2.24, 2.45) is 4.99 Å². The Balaban J connectivity index is 0.00000200. The number of hydrogen-bond acceptors (Lipinski definition) is 3. The van der Waals surface area contributed by atoms with E-state index < -0.39 is 0 Å². The topological polar surface area (TPSA) is 54.9 Å². The van der Waals surface area contributed by atoms with Gasteiger partial charge < -0.3 is 20.1 Å². The molecule has 5 nitrogen and oxygen atoms in total. The van der Waals surface area contributed by atoms with Gasteiger partial charge in [-0.3, -0.25) is 4.99 Å². The van der Waals surface area contributed by atoms with E-state index in [1.165, 1.54) is 19.3 Å². The molecule has 0 bridgehead atoms. The first-order chi connectivity index (χ1) is 9.38. The molecule has 2 fully saturated rings. The molecule has 1 unspecified atom stereocenters. The zero-order valence-electron chi connectivity index (χ0n) is 12.4. The summed E-state index contributed by atoms with van der Waals surface area (Å²) >= 11 is 0. The molecule has 1 saturated heterocycles. The lowest BCUT2D eigenvalue weighted by molar-refractivity contribution is 0.0171.